The molecule has 7 aromatic carbocycles. The van der Waals surface area contributed by atoms with Crippen molar-refractivity contribution in [2.75, 3.05) is 4.90 Å². The Labute approximate surface area is 347 Å². The van der Waals surface area contributed by atoms with E-state index in [1.165, 1.54) is 48.9 Å². The zero-order valence-electron chi connectivity index (χ0n) is 32.7. The molecule has 3 aliphatic carbocycles. The molecule has 0 saturated carbocycles. The highest BCUT2D eigenvalue weighted by Crippen LogP contribution is 2.43. The van der Waals surface area contributed by atoms with Crippen molar-refractivity contribution in [2.24, 2.45) is 0 Å². The molecule has 2 heterocycles. The van der Waals surface area contributed by atoms with Crippen molar-refractivity contribution in [2.45, 2.75) is 12.8 Å². The van der Waals surface area contributed by atoms with E-state index in [2.05, 4.69) is 173 Å². The summed E-state index contributed by atoms with van der Waals surface area (Å²) in [5.41, 5.74) is 12.4. The highest BCUT2D eigenvalue weighted by molar-refractivity contribution is 6.21. The molecular formula is C55H37N5. The van der Waals surface area contributed by atoms with E-state index in [-0.39, 0.29) is 0 Å². The first kappa shape index (κ1) is 34.2. The van der Waals surface area contributed by atoms with Crippen molar-refractivity contribution >= 4 is 55.2 Å². The molecule has 282 valence electrons. The van der Waals surface area contributed by atoms with E-state index in [0.29, 0.717) is 17.6 Å². The van der Waals surface area contributed by atoms with Gasteiger partial charge in [0.05, 0.1) is 11.0 Å². The van der Waals surface area contributed by atoms with Crippen LogP contribution in [0.15, 0.2) is 200 Å². The molecule has 0 N–H and O–H groups in total. The van der Waals surface area contributed by atoms with Gasteiger partial charge in [0.2, 0.25) is 5.95 Å². The van der Waals surface area contributed by atoms with Crippen molar-refractivity contribution in [3.8, 4) is 39.9 Å². The molecule has 3 aliphatic rings. The van der Waals surface area contributed by atoms with Gasteiger partial charge in [0.1, 0.15) is 0 Å². The van der Waals surface area contributed by atoms with Crippen LogP contribution in [0.3, 0.4) is 0 Å². The molecule has 0 saturated heterocycles. The van der Waals surface area contributed by atoms with Crippen molar-refractivity contribution in [1.82, 2.24) is 19.5 Å². The van der Waals surface area contributed by atoms with Crippen molar-refractivity contribution < 1.29 is 0 Å². The van der Waals surface area contributed by atoms with Crippen molar-refractivity contribution in [3.63, 3.8) is 0 Å². The van der Waals surface area contributed by atoms with E-state index >= 15 is 0 Å². The Kier molecular flexibility index (Phi) is 7.91. The maximum absolute atomic E-state index is 5.24. The summed E-state index contributed by atoms with van der Waals surface area (Å²) in [6.07, 6.45) is 9.17. The molecule has 0 atom stereocenters. The molecule has 0 fully saturated rings. The number of para-hydroxylation sites is 1. The summed E-state index contributed by atoms with van der Waals surface area (Å²) < 4.78 is 2.22. The smallest absolute Gasteiger partial charge is 0.238 e. The van der Waals surface area contributed by atoms with Gasteiger partial charge in [-0.15, -0.1) is 0 Å². The van der Waals surface area contributed by atoms with Crippen molar-refractivity contribution in [1.29, 1.82) is 0 Å². The number of hydrogen-bond acceptors (Lipinski definition) is 4. The molecule has 0 aliphatic heterocycles. The predicted octanol–water partition coefficient (Wildman–Crippen LogP) is 13.9. The lowest BCUT2D eigenvalue weighted by Gasteiger charge is -2.26. The molecule has 0 spiro atoms. The minimum atomic E-state index is 0.567. The molecule has 12 rings (SSSR count). The lowest BCUT2D eigenvalue weighted by molar-refractivity contribution is 0.953. The summed E-state index contributed by atoms with van der Waals surface area (Å²) >= 11 is 0. The molecule has 2 aromatic heterocycles. The summed E-state index contributed by atoms with van der Waals surface area (Å²) in [6.45, 7) is 0. The van der Waals surface area contributed by atoms with Gasteiger partial charge in [-0.2, -0.15) is 9.97 Å². The topological polar surface area (TPSA) is 46.8 Å². The number of allylic oxidation sites excluding steroid dienone is 4. The molecule has 0 amide bonds. The van der Waals surface area contributed by atoms with Crippen LogP contribution in [0.5, 0.6) is 0 Å². The van der Waals surface area contributed by atoms with Gasteiger partial charge in [0.25, 0.3) is 0 Å². The Hall–Kier alpha value is -7.89. The summed E-state index contributed by atoms with van der Waals surface area (Å²) in [6, 6.07) is 64.5. The summed E-state index contributed by atoms with van der Waals surface area (Å²) in [7, 11) is 0. The van der Waals surface area contributed by atoms with E-state index in [0.717, 1.165) is 57.5 Å². The first-order valence-corrected chi connectivity index (χ1v) is 20.6. The lowest BCUT2D eigenvalue weighted by atomic mass is 9.84. The second-order valence-electron chi connectivity index (χ2n) is 15.5. The third-order valence-electron chi connectivity index (χ3n) is 12.0. The van der Waals surface area contributed by atoms with Gasteiger partial charge in [0.15, 0.2) is 11.6 Å². The largest absolute Gasteiger partial charge is 0.310 e. The number of rotatable bonds is 8. The maximum atomic E-state index is 5.24. The number of benzene rings is 8. The van der Waals surface area contributed by atoms with Gasteiger partial charge < -0.3 is 4.90 Å². The number of nitrogens with zero attached hydrogens (tertiary/aromatic N) is 5. The zero-order chi connectivity index (χ0) is 39.6. The van der Waals surface area contributed by atoms with E-state index < -0.39 is 0 Å². The minimum absolute atomic E-state index is 0.567. The van der Waals surface area contributed by atoms with Gasteiger partial charge in [-0.1, -0.05) is 146 Å². The molecule has 5 heteroatoms. The van der Waals surface area contributed by atoms with Crippen LogP contribution >= 0.6 is 0 Å². The Balaban J connectivity index is 1.04. The SMILES string of the molecule is C1=CC(c2cc3c(-c4ccc(N(c5ccccc5)c5ccc6c7c8ccccc8ccc7n(-c7nc(-c8ccccc8)nc(-c8ccccc8)n7)c6c5)cc4)cc2=3)=CCC1. The van der Waals surface area contributed by atoms with Crippen LogP contribution in [0.4, 0.5) is 17.1 Å². The molecule has 60 heavy (non-hydrogen) atoms. The Morgan fingerprint density at radius 2 is 1.08 bits per heavy atom. The Bertz CT molecular complexity index is 3400. The molecule has 9 aromatic rings. The number of aromatic nitrogens is 4. The van der Waals surface area contributed by atoms with Crippen LogP contribution in [0.1, 0.15) is 18.4 Å². The molecule has 0 radical (unpaired) electrons. The highest BCUT2D eigenvalue weighted by Gasteiger charge is 2.22. The quantitative estimate of drug-likeness (QED) is 0.154. The first-order chi connectivity index (χ1) is 29.7. The third-order valence-corrected chi connectivity index (χ3v) is 12.0. The number of anilines is 3. The van der Waals surface area contributed by atoms with Crippen LogP contribution in [-0.2, 0) is 0 Å². The monoisotopic (exact) mass is 767 g/mol. The average Bonchev–Trinajstić information content (AvgIpc) is 3.65. The fourth-order valence-corrected chi connectivity index (χ4v) is 9.02. The van der Waals surface area contributed by atoms with Gasteiger partial charge in [-0.25, -0.2) is 4.98 Å². The Morgan fingerprint density at radius 1 is 0.450 bits per heavy atom. The van der Waals surface area contributed by atoms with E-state index in [1.807, 2.05) is 36.4 Å². The highest BCUT2D eigenvalue weighted by atomic mass is 15.2. The second-order valence-corrected chi connectivity index (χ2v) is 15.5. The summed E-state index contributed by atoms with van der Waals surface area (Å²) in [5.74, 6) is 1.81. The third kappa shape index (κ3) is 5.58. The predicted molar refractivity (Wildman–Crippen MR) is 247 cm³/mol. The Morgan fingerprint density at radius 3 is 1.77 bits per heavy atom. The molecule has 0 bridgehead atoms. The molecule has 5 nitrogen and oxygen atoms in total. The van der Waals surface area contributed by atoms with E-state index in [4.69, 9.17) is 15.0 Å². The first-order valence-electron chi connectivity index (χ1n) is 20.6. The van der Waals surface area contributed by atoms with Gasteiger partial charge >= 0.3 is 0 Å². The van der Waals surface area contributed by atoms with E-state index in [1.54, 1.807) is 0 Å². The van der Waals surface area contributed by atoms with Crippen LogP contribution in [-0.4, -0.2) is 19.5 Å². The zero-order valence-corrected chi connectivity index (χ0v) is 32.7. The molecular weight excluding hydrogens is 731 g/mol. The van der Waals surface area contributed by atoms with Crippen LogP contribution in [0.25, 0.3) is 78.0 Å². The standard InChI is InChI=1S/C55H37N5/c1-5-15-36(16-6-1)46-34-49-47(35-48(46)49)38-25-28-42(29-26-38)59(41-22-11-4-12-23-41)43-30-31-45-51(33-43)60(50-32-27-37-17-13-14-24-44(37)52(45)50)55-57-53(39-18-7-2-8-19-39)56-54(58-55)40-20-9-3-10-21-40/h2-5,7-35H,1,6H2. The lowest BCUT2D eigenvalue weighted by Crippen LogP contribution is -2.10. The number of hydrogen-bond donors (Lipinski definition) is 0. The number of fused-ring (bicyclic) bond motifs is 5. The van der Waals surface area contributed by atoms with Crippen LogP contribution in [0.2, 0.25) is 0 Å². The second kappa shape index (κ2) is 13.9. The normalized spacial score (nSPS) is 12.9. The average molecular weight is 768 g/mol. The maximum Gasteiger partial charge on any atom is 0.238 e. The van der Waals surface area contributed by atoms with E-state index in [9.17, 15) is 0 Å². The fourth-order valence-electron chi connectivity index (χ4n) is 9.02. The van der Waals surface area contributed by atoms with Gasteiger partial charge in [-0.3, -0.25) is 4.57 Å². The van der Waals surface area contributed by atoms with Crippen LogP contribution in [0, 0.1) is 10.4 Å². The fraction of sp³-hybridized carbons (Fsp3) is 0.0364. The van der Waals surface area contributed by atoms with Crippen molar-refractivity contribution in [3.05, 3.63) is 216 Å². The summed E-state index contributed by atoms with van der Waals surface area (Å²) in [5, 5.41) is 7.42. The van der Waals surface area contributed by atoms with Gasteiger partial charge in [0, 0.05) is 39.0 Å². The van der Waals surface area contributed by atoms with Crippen LogP contribution < -0.4 is 4.90 Å². The van der Waals surface area contributed by atoms with Gasteiger partial charge in [-0.05, 0) is 111 Å². The minimum Gasteiger partial charge on any atom is -0.310 e. The molecule has 0 unspecified atom stereocenters. The summed E-state index contributed by atoms with van der Waals surface area (Å²) in [4.78, 5) is 17.8.